The number of hydrogen-bond donors (Lipinski definition) is 0. The van der Waals surface area contributed by atoms with Crippen LogP contribution in [0.25, 0.3) is 0 Å². The van der Waals surface area contributed by atoms with Gasteiger partial charge in [0.15, 0.2) is 0 Å². The zero-order chi connectivity index (χ0) is 9.84. The standard InChI is InChI=1S/C10H10BrNO/c1-7-9(8(2)12-6-13)4-3-5-10(7)11/h3-5,8H,1-2H3. The molecular formula is C10H10BrNO. The van der Waals surface area contributed by atoms with Crippen LogP contribution in [0.2, 0.25) is 0 Å². The van der Waals surface area contributed by atoms with E-state index >= 15 is 0 Å². The summed E-state index contributed by atoms with van der Waals surface area (Å²) in [6.07, 6.45) is 1.57. The molecule has 0 aromatic heterocycles. The monoisotopic (exact) mass is 239 g/mol. The van der Waals surface area contributed by atoms with Gasteiger partial charge in [0.25, 0.3) is 0 Å². The van der Waals surface area contributed by atoms with Crippen LogP contribution in [0.15, 0.2) is 27.7 Å². The Morgan fingerprint density at radius 2 is 2.23 bits per heavy atom. The molecule has 13 heavy (non-hydrogen) atoms. The third-order valence-corrected chi connectivity index (χ3v) is 2.87. The van der Waals surface area contributed by atoms with E-state index in [9.17, 15) is 4.79 Å². The zero-order valence-electron chi connectivity index (χ0n) is 7.54. The van der Waals surface area contributed by atoms with Crippen molar-refractivity contribution in [3.8, 4) is 0 Å². The summed E-state index contributed by atoms with van der Waals surface area (Å²) in [6.45, 7) is 3.87. The number of rotatable bonds is 2. The summed E-state index contributed by atoms with van der Waals surface area (Å²) in [7, 11) is 0. The molecule has 0 bridgehead atoms. The second-order valence-corrected chi connectivity index (χ2v) is 3.70. The SMILES string of the molecule is Cc1c(Br)cccc1C(C)N=C=O. The van der Waals surface area contributed by atoms with Crippen molar-refractivity contribution in [2.75, 3.05) is 0 Å². The van der Waals surface area contributed by atoms with E-state index in [-0.39, 0.29) is 6.04 Å². The molecule has 0 heterocycles. The molecule has 1 aromatic rings. The van der Waals surface area contributed by atoms with E-state index in [1.165, 1.54) is 0 Å². The van der Waals surface area contributed by atoms with Gasteiger partial charge in [0, 0.05) is 4.47 Å². The van der Waals surface area contributed by atoms with Crippen LogP contribution in [0.1, 0.15) is 24.1 Å². The molecule has 1 atom stereocenters. The van der Waals surface area contributed by atoms with Gasteiger partial charge in [-0.15, -0.1) is 0 Å². The highest BCUT2D eigenvalue weighted by atomic mass is 79.9. The van der Waals surface area contributed by atoms with E-state index in [2.05, 4.69) is 20.9 Å². The quantitative estimate of drug-likeness (QED) is 0.576. The molecule has 0 spiro atoms. The fourth-order valence-electron chi connectivity index (χ4n) is 1.23. The molecule has 0 aliphatic carbocycles. The maximum absolute atomic E-state index is 10.1. The lowest BCUT2D eigenvalue weighted by Gasteiger charge is -2.09. The smallest absolute Gasteiger partial charge is 0.211 e. The van der Waals surface area contributed by atoms with E-state index < -0.39 is 0 Å². The van der Waals surface area contributed by atoms with Crippen molar-refractivity contribution in [3.05, 3.63) is 33.8 Å². The van der Waals surface area contributed by atoms with Crippen LogP contribution in [0, 0.1) is 6.92 Å². The largest absolute Gasteiger partial charge is 0.235 e. The van der Waals surface area contributed by atoms with Gasteiger partial charge in [0.2, 0.25) is 6.08 Å². The maximum Gasteiger partial charge on any atom is 0.235 e. The minimum atomic E-state index is -0.116. The third-order valence-electron chi connectivity index (χ3n) is 2.01. The van der Waals surface area contributed by atoms with Gasteiger partial charge in [-0.3, -0.25) is 0 Å². The van der Waals surface area contributed by atoms with Crippen LogP contribution in [-0.2, 0) is 4.79 Å². The first kappa shape index (κ1) is 10.2. The fraction of sp³-hybridized carbons (Fsp3) is 0.300. The van der Waals surface area contributed by atoms with E-state index in [1.807, 2.05) is 32.0 Å². The van der Waals surface area contributed by atoms with Crippen molar-refractivity contribution >= 4 is 22.0 Å². The van der Waals surface area contributed by atoms with Gasteiger partial charge >= 0.3 is 0 Å². The van der Waals surface area contributed by atoms with Gasteiger partial charge in [-0.1, -0.05) is 28.1 Å². The van der Waals surface area contributed by atoms with Crippen LogP contribution in [0.4, 0.5) is 0 Å². The van der Waals surface area contributed by atoms with Crippen LogP contribution in [-0.4, -0.2) is 6.08 Å². The Bertz CT molecular complexity index is 356. The molecule has 0 saturated heterocycles. The van der Waals surface area contributed by atoms with E-state index in [4.69, 9.17) is 0 Å². The van der Waals surface area contributed by atoms with E-state index in [0.717, 1.165) is 15.6 Å². The lowest BCUT2D eigenvalue weighted by molar-refractivity contribution is 0.559. The minimum Gasteiger partial charge on any atom is -0.211 e. The summed E-state index contributed by atoms with van der Waals surface area (Å²) >= 11 is 3.43. The molecule has 3 heteroatoms. The number of isocyanates is 1. The Balaban J connectivity index is 3.14. The van der Waals surface area contributed by atoms with Crippen molar-refractivity contribution in [3.63, 3.8) is 0 Å². The third kappa shape index (κ3) is 2.27. The predicted molar refractivity (Wildman–Crippen MR) is 55.4 cm³/mol. The van der Waals surface area contributed by atoms with Gasteiger partial charge in [0.1, 0.15) is 0 Å². The summed E-state index contributed by atoms with van der Waals surface area (Å²) in [5.74, 6) is 0. The molecule has 68 valence electrons. The Labute approximate surface area is 85.8 Å². The molecular weight excluding hydrogens is 230 g/mol. The van der Waals surface area contributed by atoms with Crippen LogP contribution in [0.5, 0.6) is 0 Å². The number of aliphatic imine (C=N–C) groups is 1. The second kappa shape index (κ2) is 4.35. The summed E-state index contributed by atoms with van der Waals surface area (Å²) in [4.78, 5) is 13.8. The Kier molecular flexibility index (Phi) is 3.40. The van der Waals surface area contributed by atoms with Gasteiger partial charge < -0.3 is 0 Å². The van der Waals surface area contributed by atoms with Crippen LogP contribution < -0.4 is 0 Å². The second-order valence-electron chi connectivity index (χ2n) is 2.85. The zero-order valence-corrected chi connectivity index (χ0v) is 9.13. The van der Waals surface area contributed by atoms with Crippen LogP contribution in [0.3, 0.4) is 0 Å². The predicted octanol–water partition coefficient (Wildman–Crippen LogP) is 3.15. The Morgan fingerprint density at radius 1 is 1.54 bits per heavy atom. The summed E-state index contributed by atoms with van der Waals surface area (Å²) < 4.78 is 1.04. The van der Waals surface area contributed by atoms with Crippen molar-refractivity contribution in [2.45, 2.75) is 19.9 Å². The highest BCUT2D eigenvalue weighted by Gasteiger charge is 2.07. The summed E-state index contributed by atoms with van der Waals surface area (Å²) in [6, 6.07) is 5.75. The average Bonchev–Trinajstić information content (AvgIpc) is 2.10. The van der Waals surface area contributed by atoms with Crippen LogP contribution >= 0.6 is 15.9 Å². The van der Waals surface area contributed by atoms with Gasteiger partial charge in [-0.25, -0.2) is 4.79 Å². The van der Waals surface area contributed by atoms with E-state index in [0.29, 0.717) is 0 Å². The molecule has 0 aliphatic heterocycles. The van der Waals surface area contributed by atoms with Crippen molar-refractivity contribution in [1.82, 2.24) is 0 Å². The number of carbonyl (C=O) groups excluding carboxylic acids is 1. The highest BCUT2D eigenvalue weighted by Crippen LogP contribution is 2.25. The van der Waals surface area contributed by atoms with Gasteiger partial charge in [-0.2, -0.15) is 4.99 Å². The molecule has 1 rings (SSSR count). The Hall–Kier alpha value is -0.920. The molecule has 0 aliphatic rings. The summed E-state index contributed by atoms with van der Waals surface area (Å²) in [5, 5.41) is 0. The first-order valence-electron chi connectivity index (χ1n) is 3.98. The normalized spacial score (nSPS) is 11.9. The number of nitrogens with zero attached hydrogens (tertiary/aromatic N) is 1. The molecule has 0 radical (unpaired) electrons. The van der Waals surface area contributed by atoms with E-state index in [1.54, 1.807) is 6.08 Å². The molecule has 0 saturated carbocycles. The van der Waals surface area contributed by atoms with Crippen molar-refractivity contribution in [2.24, 2.45) is 4.99 Å². The molecule has 0 N–H and O–H groups in total. The van der Waals surface area contributed by atoms with Gasteiger partial charge in [0.05, 0.1) is 6.04 Å². The highest BCUT2D eigenvalue weighted by molar-refractivity contribution is 9.10. The molecule has 1 unspecified atom stereocenters. The Morgan fingerprint density at radius 3 is 2.85 bits per heavy atom. The average molecular weight is 240 g/mol. The number of benzene rings is 1. The van der Waals surface area contributed by atoms with Crippen molar-refractivity contribution < 1.29 is 4.79 Å². The minimum absolute atomic E-state index is 0.116. The first-order valence-corrected chi connectivity index (χ1v) is 4.78. The van der Waals surface area contributed by atoms with Crippen molar-refractivity contribution in [1.29, 1.82) is 0 Å². The molecule has 2 nitrogen and oxygen atoms in total. The van der Waals surface area contributed by atoms with Gasteiger partial charge in [-0.05, 0) is 31.0 Å². The molecule has 1 aromatic carbocycles. The molecule has 0 amide bonds. The first-order chi connectivity index (χ1) is 6.16. The topological polar surface area (TPSA) is 29.4 Å². The number of hydrogen-bond acceptors (Lipinski definition) is 2. The fourth-order valence-corrected chi connectivity index (χ4v) is 1.61. The lowest BCUT2D eigenvalue weighted by atomic mass is 10.0. The molecule has 0 fully saturated rings. The maximum atomic E-state index is 10.1. The summed E-state index contributed by atoms with van der Waals surface area (Å²) in [5.41, 5.74) is 2.17. The lowest BCUT2D eigenvalue weighted by Crippen LogP contribution is -1.93. The number of halogens is 1.